The lowest BCUT2D eigenvalue weighted by Crippen LogP contribution is -1.95. The lowest BCUT2D eigenvalue weighted by molar-refractivity contribution is 0.548. The van der Waals surface area contributed by atoms with Gasteiger partial charge >= 0.3 is 0 Å². The van der Waals surface area contributed by atoms with Gasteiger partial charge in [-0.2, -0.15) is 0 Å². The fraction of sp³-hybridized carbons (Fsp3) is 0.200. The molecule has 0 spiro atoms. The van der Waals surface area contributed by atoms with Crippen LogP contribution >= 0.6 is 11.6 Å². The summed E-state index contributed by atoms with van der Waals surface area (Å²) in [6.07, 6.45) is 0. The normalized spacial score (nSPS) is 11.0. The maximum atomic E-state index is 5.87. The van der Waals surface area contributed by atoms with Crippen LogP contribution in [0.15, 0.2) is 22.6 Å². The van der Waals surface area contributed by atoms with E-state index in [1.54, 1.807) is 0 Å². The van der Waals surface area contributed by atoms with Crippen LogP contribution in [0.1, 0.15) is 11.3 Å². The number of halogens is 1. The van der Waals surface area contributed by atoms with E-state index < -0.39 is 0 Å². The highest BCUT2D eigenvalue weighted by Crippen LogP contribution is 2.27. The molecule has 0 aliphatic rings. The predicted molar refractivity (Wildman–Crippen MR) is 53.9 cm³/mol. The van der Waals surface area contributed by atoms with Gasteiger partial charge < -0.3 is 10.2 Å². The summed E-state index contributed by atoms with van der Waals surface area (Å²) < 4.78 is 5.52. The Morgan fingerprint density at radius 2 is 2.23 bits per heavy atom. The van der Waals surface area contributed by atoms with Crippen LogP contribution in [0.3, 0.4) is 0 Å². The van der Waals surface area contributed by atoms with Gasteiger partial charge in [-0.25, -0.2) is 0 Å². The summed E-state index contributed by atoms with van der Waals surface area (Å²) in [5.41, 5.74) is 7.46. The summed E-state index contributed by atoms with van der Waals surface area (Å²) in [6, 6.07) is 5.58. The van der Waals surface area contributed by atoms with E-state index in [9.17, 15) is 0 Å². The van der Waals surface area contributed by atoms with Crippen molar-refractivity contribution in [2.75, 3.05) is 0 Å². The Hall–Kier alpha value is -0.990. The summed E-state index contributed by atoms with van der Waals surface area (Å²) in [4.78, 5) is 0. The van der Waals surface area contributed by atoms with Crippen molar-refractivity contribution in [2.45, 2.75) is 13.5 Å². The molecule has 0 radical (unpaired) electrons. The SMILES string of the molecule is Cc1c(CN)oc2ccc(Cl)cc12. The van der Waals surface area contributed by atoms with Gasteiger partial charge in [-0.1, -0.05) is 11.6 Å². The van der Waals surface area contributed by atoms with Crippen molar-refractivity contribution < 1.29 is 4.42 Å². The maximum absolute atomic E-state index is 5.87. The lowest BCUT2D eigenvalue weighted by atomic mass is 10.1. The van der Waals surface area contributed by atoms with Crippen molar-refractivity contribution >= 4 is 22.6 Å². The average molecular weight is 196 g/mol. The fourth-order valence-electron chi connectivity index (χ4n) is 1.44. The van der Waals surface area contributed by atoms with E-state index in [1.807, 2.05) is 25.1 Å². The van der Waals surface area contributed by atoms with Crippen LogP contribution in [0.5, 0.6) is 0 Å². The Balaban J connectivity index is 2.77. The molecule has 68 valence electrons. The van der Waals surface area contributed by atoms with Crippen LogP contribution in [0.2, 0.25) is 5.02 Å². The molecule has 0 bridgehead atoms. The Kier molecular flexibility index (Phi) is 2.02. The Labute approximate surface area is 81.3 Å². The number of rotatable bonds is 1. The number of hydrogen-bond acceptors (Lipinski definition) is 2. The summed E-state index contributed by atoms with van der Waals surface area (Å²) in [6.45, 7) is 2.42. The Bertz CT molecular complexity index is 447. The first-order chi connectivity index (χ1) is 6.22. The molecule has 0 fully saturated rings. The third-order valence-corrected chi connectivity index (χ3v) is 2.42. The minimum atomic E-state index is 0.429. The van der Waals surface area contributed by atoms with Gasteiger partial charge in [0.2, 0.25) is 0 Å². The van der Waals surface area contributed by atoms with E-state index in [4.69, 9.17) is 21.8 Å². The first-order valence-corrected chi connectivity index (χ1v) is 4.48. The second kappa shape index (κ2) is 3.05. The molecule has 0 saturated carbocycles. The van der Waals surface area contributed by atoms with E-state index in [2.05, 4.69) is 0 Å². The molecule has 0 atom stereocenters. The maximum Gasteiger partial charge on any atom is 0.134 e. The molecule has 1 heterocycles. The van der Waals surface area contributed by atoms with E-state index >= 15 is 0 Å². The highest BCUT2D eigenvalue weighted by atomic mass is 35.5. The van der Waals surface area contributed by atoms with Crippen molar-refractivity contribution in [3.05, 3.63) is 34.5 Å². The first kappa shape index (κ1) is 8.60. The highest BCUT2D eigenvalue weighted by molar-refractivity contribution is 6.31. The minimum absolute atomic E-state index is 0.429. The fourth-order valence-corrected chi connectivity index (χ4v) is 1.61. The standard InChI is InChI=1S/C10H10ClNO/c1-6-8-4-7(11)2-3-9(8)13-10(6)5-12/h2-4H,5,12H2,1H3. The summed E-state index contributed by atoms with van der Waals surface area (Å²) >= 11 is 5.87. The van der Waals surface area contributed by atoms with E-state index in [0.29, 0.717) is 6.54 Å². The zero-order valence-electron chi connectivity index (χ0n) is 7.30. The number of aryl methyl sites for hydroxylation is 1. The number of nitrogens with two attached hydrogens (primary N) is 1. The van der Waals surface area contributed by atoms with Crippen molar-refractivity contribution in [3.8, 4) is 0 Å². The second-order valence-corrected chi connectivity index (χ2v) is 3.43. The van der Waals surface area contributed by atoms with E-state index in [1.165, 1.54) is 0 Å². The molecule has 13 heavy (non-hydrogen) atoms. The molecule has 2 nitrogen and oxygen atoms in total. The second-order valence-electron chi connectivity index (χ2n) is 2.99. The topological polar surface area (TPSA) is 39.2 Å². The van der Waals surface area contributed by atoms with Gasteiger partial charge in [0.1, 0.15) is 11.3 Å². The molecule has 0 saturated heterocycles. The molecule has 2 N–H and O–H groups in total. The van der Waals surface area contributed by atoms with Crippen LogP contribution < -0.4 is 5.73 Å². The monoisotopic (exact) mass is 195 g/mol. The molecule has 0 amide bonds. The molecule has 0 aliphatic heterocycles. The van der Waals surface area contributed by atoms with Crippen molar-refractivity contribution in [1.82, 2.24) is 0 Å². The third-order valence-electron chi connectivity index (χ3n) is 2.18. The van der Waals surface area contributed by atoms with Gasteiger partial charge in [0.25, 0.3) is 0 Å². The zero-order chi connectivity index (χ0) is 9.42. The lowest BCUT2D eigenvalue weighted by Gasteiger charge is -1.90. The van der Waals surface area contributed by atoms with E-state index in [0.717, 1.165) is 27.3 Å². The van der Waals surface area contributed by atoms with Gasteiger partial charge in [0, 0.05) is 10.4 Å². The smallest absolute Gasteiger partial charge is 0.134 e. The van der Waals surface area contributed by atoms with Gasteiger partial charge in [0.15, 0.2) is 0 Å². The molecule has 0 aliphatic carbocycles. The van der Waals surface area contributed by atoms with Gasteiger partial charge in [-0.05, 0) is 30.7 Å². The third kappa shape index (κ3) is 1.32. The van der Waals surface area contributed by atoms with Crippen LogP contribution in [0.25, 0.3) is 11.0 Å². The van der Waals surface area contributed by atoms with Crippen molar-refractivity contribution in [2.24, 2.45) is 5.73 Å². The largest absolute Gasteiger partial charge is 0.459 e. The molecule has 3 heteroatoms. The summed E-state index contributed by atoms with van der Waals surface area (Å²) in [5.74, 6) is 0.831. The molecular weight excluding hydrogens is 186 g/mol. The number of fused-ring (bicyclic) bond motifs is 1. The van der Waals surface area contributed by atoms with Crippen LogP contribution in [-0.2, 0) is 6.54 Å². The van der Waals surface area contributed by atoms with Crippen LogP contribution in [-0.4, -0.2) is 0 Å². The van der Waals surface area contributed by atoms with Gasteiger partial charge in [-0.15, -0.1) is 0 Å². The Morgan fingerprint density at radius 1 is 1.46 bits per heavy atom. The van der Waals surface area contributed by atoms with Crippen LogP contribution in [0.4, 0.5) is 0 Å². The molecular formula is C10H10ClNO. The molecule has 2 rings (SSSR count). The predicted octanol–water partition coefficient (Wildman–Crippen LogP) is 2.85. The van der Waals surface area contributed by atoms with E-state index in [-0.39, 0.29) is 0 Å². The number of furan rings is 1. The highest BCUT2D eigenvalue weighted by Gasteiger charge is 2.08. The minimum Gasteiger partial charge on any atom is -0.459 e. The van der Waals surface area contributed by atoms with Gasteiger partial charge in [-0.3, -0.25) is 0 Å². The molecule has 1 aromatic heterocycles. The molecule has 2 aromatic rings. The zero-order valence-corrected chi connectivity index (χ0v) is 8.06. The van der Waals surface area contributed by atoms with Gasteiger partial charge in [0.05, 0.1) is 6.54 Å². The van der Waals surface area contributed by atoms with Crippen molar-refractivity contribution in [3.63, 3.8) is 0 Å². The molecule has 1 aromatic carbocycles. The first-order valence-electron chi connectivity index (χ1n) is 4.10. The average Bonchev–Trinajstić information content (AvgIpc) is 2.44. The van der Waals surface area contributed by atoms with Crippen molar-refractivity contribution in [1.29, 1.82) is 0 Å². The quantitative estimate of drug-likeness (QED) is 0.760. The summed E-state index contributed by atoms with van der Waals surface area (Å²) in [7, 11) is 0. The summed E-state index contributed by atoms with van der Waals surface area (Å²) in [5, 5.41) is 1.77. The number of hydrogen-bond donors (Lipinski definition) is 1. The Morgan fingerprint density at radius 3 is 2.92 bits per heavy atom. The number of benzene rings is 1. The molecule has 0 unspecified atom stereocenters. The van der Waals surface area contributed by atoms with Crippen LogP contribution in [0, 0.1) is 6.92 Å².